The Balaban J connectivity index is 1.76. The molecular formula is C29H25ClN2O5S2. The third kappa shape index (κ3) is 5.17. The highest BCUT2D eigenvalue weighted by Gasteiger charge is 2.35. The first kappa shape index (κ1) is 26.9. The molecule has 5 rings (SSSR count). The smallest absolute Gasteiger partial charge is 0.338 e. The monoisotopic (exact) mass is 580 g/mol. The molecule has 0 saturated heterocycles. The lowest BCUT2D eigenvalue weighted by Gasteiger charge is -2.24. The lowest BCUT2D eigenvalue weighted by Crippen LogP contribution is -2.39. The highest BCUT2D eigenvalue weighted by atomic mass is 35.5. The van der Waals surface area contributed by atoms with Crippen LogP contribution in [0.2, 0.25) is 5.02 Å². The van der Waals surface area contributed by atoms with Gasteiger partial charge in [-0.05, 0) is 49.1 Å². The standard InChI is InChI=1S/C29H25ClN2O5S2/c1-4-36-26-19(30)14-17(15-20(26)35-3)16-22-27(33)32-25(21-12-9-13-38-21)23(28(34)37-5-2)24(31-29(32)39-22)18-10-7-6-8-11-18/h6-16,25H,4-5H2,1-3H3/b22-16-/t25-/m1/s1. The lowest BCUT2D eigenvalue weighted by atomic mass is 9.97. The van der Waals surface area contributed by atoms with Crippen molar-refractivity contribution in [2.24, 2.45) is 4.99 Å². The molecule has 0 fully saturated rings. The number of thiazole rings is 1. The number of esters is 1. The molecule has 10 heteroatoms. The Morgan fingerprint density at radius 2 is 1.92 bits per heavy atom. The predicted octanol–water partition coefficient (Wildman–Crippen LogP) is 5.06. The predicted molar refractivity (Wildman–Crippen MR) is 155 cm³/mol. The van der Waals surface area contributed by atoms with Gasteiger partial charge in [-0.25, -0.2) is 9.79 Å². The molecule has 1 aliphatic heterocycles. The fraction of sp³-hybridized carbons (Fsp3) is 0.207. The minimum absolute atomic E-state index is 0.201. The van der Waals surface area contributed by atoms with Crippen LogP contribution in [-0.2, 0) is 9.53 Å². The molecule has 0 spiro atoms. The summed E-state index contributed by atoms with van der Waals surface area (Å²) in [6.07, 6.45) is 1.75. The van der Waals surface area contributed by atoms with Gasteiger partial charge in [-0.2, -0.15) is 0 Å². The van der Waals surface area contributed by atoms with Crippen molar-refractivity contribution >= 4 is 52.0 Å². The molecule has 0 saturated carbocycles. The average molecular weight is 581 g/mol. The number of hydrogen-bond donors (Lipinski definition) is 0. The summed E-state index contributed by atoms with van der Waals surface area (Å²) in [5.41, 5.74) is 1.99. The van der Waals surface area contributed by atoms with E-state index in [1.54, 1.807) is 29.7 Å². The topological polar surface area (TPSA) is 79.1 Å². The van der Waals surface area contributed by atoms with Gasteiger partial charge in [0.1, 0.15) is 6.04 Å². The van der Waals surface area contributed by atoms with E-state index in [0.717, 1.165) is 10.4 Å². The Kier molecular flexibility index (Phi) is 8.02. The average Bonchev–Trinajstić information content (AvgIpc) is 3.58. The molecule has 7 nitrogen and oxygen atoms in total. The van der Waals surface area contributed by atoms with Crippen LogP contribution in [0.4, 0.5) is 0 Å². The number of carbonyl (C=O) groups excluding carboxylic acids is 1. The number of hydrogen-bond acceptors (Lipinski definition) is 8. The van der Waals surface area contributed by atoms with E-state index in [1.165, 1.54) is 29.8 Å². The molecule has 0 aliphatic carbocycles. The van der Waals surface area contributed by atoms with Crippen LogP contribution in [0, 0.1) is 0 Å². The number of aromatic nitrogens is 1. The second kappa shape index (κ2) is 11.6. The molecule has 200 valence electrons. The Labute approximate surface area is 237 Å². The Morgan fingerprint density at radius 1 is 1.13 bits per heavy atom. The summed E-state index contributed by atoms with van der Waals surface area (Å²) in [5.74, 6) is 0.413. The number of carbonyl (C=O) groups is 1. The molecule has 0 N–H and O–H groups in total. The Morgan fingerprint density at radius 3 is 2.59 bits per heavy atom. The zero-order valence-corrected chi connectivity index (χ0v) is 23.9. The molecule has 2 aromatic carbocycles. The van der Waals surface area contributed by atoms with Gasteiger partial charge in [0.25, 0.3) is 5.56 Å². The second-order valence-electron chi connectivity index (χ2n) is 8.41. The largest absolute Gasteiger partial charge is 0.493 e. The second-order valence-corrected chi connectivity index (χ2v) is 10.8. The number of fused-ring (bicyclic) bond motifs is 1. The van der Waals surface area contributed by atoms with Gasteiger partial charge in [0.15, 0.2) is 16.3 Å². The zero-order chi connectivity index (χ0) is 27.5. The summed E-state index contributed by atoms with van der Waals surface area (Å²) in [7, 11) is 1.54. The summed E-state index contributed by atoms with van der Waals surface area (Å²) < 4.78 is 18.6. The number of halogens is 1. The van der Waals surface area contributed by atoms with E-state index in [-0.39, 0.29) is 12.2 Å². The third-order valence-corrected chi connectivity index (χ3v) is 8.21. The van der Waals surface area contributed by atoms with Crippen LogP contribution < -0.4 is 24.4 Å². The van der Waals surface area contributed by atoms with Crippen LogP contribution in [0.15, 0.2) is 75.3 Å². The van der Waals surface area contributed by atoms with E-state index in [2.05, 4.69) is 0 Å². The van der Waals surface area contributed by atoms with Crippen molar-refractivity contribution in [2.45, 2.75) is 19.9 Å². The van der Waals surface area contributed by atoms with Crippen LogP contribution in [0.3, 0.4) is 0 Å². The maximum atomic E-state index is 13.9. The maximum Gasteiger partial charge on any atom is 0.338 e. The van der Waals surface area contributed by atoms with E-state index in [4.69, 9.17) is 30.8 Å². The number of nitrogens with zero attached hydrogens (tertiary/aromatic N) is 2. The molecule has 2 aromatic heterocycles. The van der Waals surface area contributed by atoms with Crippen molar-refractivity contribution in [3.8, 4) is 11.5 Å². The third-order valence-electron chi connectivity index (χ3n) is 6.02. The van der Waals surface area contributed by atoms with E-state index >= 15 is 0 Å². The molecule has 0 bridgehead atoms. The normalized spacial score (nSPS) is 15.1. The molecular weight excluding hydrogens is 556 g/mol. The summed E-state index contributed by atoms with van der Waals surface area (Å²) in [5, 5.41) is 2.30. The van der Waals surface area contributed by atoms with Gasteiger partial charge in [-0.3, -0.25) is 9.36 Å². The first-order chi connectivity index (χ1) is 19.0. The minimum Gasteiger partial charge on any atom is -0.493 e. The van der Waals surface area contributed by atoms with E-state index < -0.39 is 12.0 Å². The van der Waals surface area contributed by atoms with Crippen LogP contribution in [0.25, 0.3) is 11.8 Å². The minimum atomic E-state index is -0.684. The van der Waals surface area contributed by atoms with Gasteiger partial charge in [-0.15, -0.1) is 11.3 Å². The highest BCUT2D eigenvalue weighted by Crippen LogP contribution is 2.38. The van der Waals surface area contributed by atoms with Gasteiger partial charge in [0, 0.05) is 10.4 Å². The van der Waals surface area contributed by atoms with E-state index in [9.17, 15) is 9.59 Å². The first-order valence-corrected chi connectivity index (χ1v) is 14.4. The van der Waals surface area contributed by atoms with Gasteiger partial charge >= 0.3 is 5.97 Å². The number of ether oxygens (including phenoxy) is 3. The van der Waals surface area contributed by atoms with E-state index in [1.807, 2.05) is 54.8 Å². The van der Waals surface area contributed by atoms with Crippen molar-refractivity contribution in [1.29, 1.82) is 0 Å². The summed E-state index contributed by atoms with van der Waals surface area (Å²) in [6, 6.07) is 16.1. The fourth-order valence-electron chi connectivity index (χ4n) is 4.42. The first-order valence-electron chi connectivity index (χ1n) is 12.3. The molecule has 0 radical (unpaired) electrons. The van der Waals surface area contributed by atoms with Gasteiger partial charge in [0.2, 0.25) is 0 Å². The van der Waals surface area contributed by atoms with Crippen molar-refractivity contribution in [3.05, 3.63) is 106 Å². The maximum absolute atomic E-state index is 13.9. The molecule has 1 atom stereocenters. The number of methoxy groups -OCH3 is 1. The van der Waals surface area contributed by atoms with Gasteiger partial charge in [-0.1, -0.05) is 59.3 Å². The number of thiophene rings is 1. The van der Waals surface area contributed by atoms with Crippen molar-refractivity contribution in [2.75, 3.05) is 20.3 Å². The van der Waals surface area contributed by atoms with Crippen molar-refractivity contribution in [3.63, 3.8) is 0 Å². The quantitative estimate of drug-likeness (QED) is 0.272. The molecule has 4 aromatic rings. The Hall–Kier alpha value is -3.66. The van der Waals surface area contributed by atoms with Gasteiger partial charge < -0.3 is 14.2 Å². The van der Waals surface area contributed by atoms with E-state index in [0.29, 0.717) is 49.3 Å². The SMILES string of the molecule is CCOC(=O)C1=C(c2ccccc2)N=c2s/c(=C\c3cc(Cl)c(OCC)c(OC)c3)c(=O)n2[C@@H]1c1cccs1. The van der Waals surface area contributed by atoms with Crippen LogP contribution >= 0.6 is 34.3 Å². The zero-order valence-electron chi connectivity index (χ0n) is 21.5. The summed E-state index contributed by atoms with van der Waals surface area (Å²) >= 11 is 9.20. The number of benzene rings is 2. The van der Waals surface area contributed by atoms with Gasteiger partial charge in [0.05, 0.1) is 41.1 Å². The molecule has 1 aliphatic rings. The highest BCUT2D eigenvalue weighted by molar-refractivity contribution is 7.10. The van der Waals surface area contributed by atoms with Crippen molar-refractivity contribution < 1.29 is 19.0 Å². The number of rotatable bonds is 8. The molecule has 3 heterocycles. The van der Waals surface area contributed by atoms with Crippen LogP contribution in [0.1, 0.15) is 35.9 Å². The fourth-order valence-corrected chi connectivity index (χ4v) is 6.51. The lowest BCUT2D eigenvalue weighted by molar-refractivity contribution is -0.138. The van der Waals surface area contributed by atoms with Crippen molar-refractivity contribution in [1.82, 2.24) is 4.57 Å². The van der Waals surface area contributed by atoms with Crippen LogP contribution in [-0.4, -0.2) is 30.9 Å². The summed E-state index contributed by atoms with van der Waals surface area (Å²) in [4.78, 5) is 33.5. The molecule has 39 heavy (non-hydrogen) atoms. The van der Waals surface area contributed by atoms with Crippen LogP contribution in [0.5, 0.6) is 11.5 Å². The Bertz CT molecular complexity index is 1720. The molecule has 0 amide bonds. The molecule has 0 unspecified atom stereocenters. The summed E-state index contributed by atoms with van der Waals surface area (Å²) in [6.45, 7) is 4.25.